The van der Waals surface area contributed by atoms with Gasteiger partial charge in [0.05, 0.1) is 31.4 Å². The zero-order chi connectivity index (χ0) is 18.4. The molecule has 2 atom stereocenters. The van der Waals surface area contributed by atoms with Crippen molar-refractivity contribution in [2.45, 2.75) is 31.4 Å². The number of likely N-dealkylation sites (tertiary alicyclic amines) is 1. The van der Waals surface area contributed by atoms with Gasteiger partial charge in [-0.25, -0.2) is 4.39 Å². The van der Waals surface area contributed by atoms with Gasteiger partial charge in [0.25, 0.3) is 0 Å². The van der Waals surface area contributed by atoms with E-state index in [1.54, 1.807) is 18.3 Å². The first kappa shape index (κ1) is 18.2. The number of carbonyl (C=O) groups excluding carboxylic acids is 1. The van der Waals surface area contributed by atoms with E-state index in [0.29, 0.717) is 25.3 Å². The van der Waals surface area contributed by atoms with Crippen molar-refractivity contribution in [3.63, 3.8) is 0 Å². The van der Waals surface area contributed by atoms with Crippen LogP contribution in [0.4, 0.5) is 4.39 Å². The van der Waals surface area contributed by atoms with Gasteiger partial charge in [-0.15, -0.1) is 6.58 Å². The van der Waals surface area contributed by atoms with E-state index < -0.39 is 5.82 Å². The number of rotatable bonds is 7. The molecule has 0 saturated carbocycles. The number of pyridine rings is 2. The Kier molecular flexibility index (Phi) is 6.07. The molecule has 1 aliphatic heterocycles. The summed E-state index contributed by atoms with van der Waals surface area (Å²) in [5, 5.41) is 0. The fraction of sp³-hybridized carbons (Fsp3) is 0.350. The molecule has 5 nitrogen and oxygen atoms in total. The molecule has 1 fully saturated rings. The third-order valence-electron chi connectivity index (χ3n) is 4.52. The van der Waals surface area contributed by atoms with Crippen molar-refractivity contribution in [3.8, 4) is 0 Å². The average molecular weight is 355 g/mol. The van der Waals surface area contributed by atoms with Crippen molar-refractivity contribution >= 4 is 5.91 Å². The molecule has 1 aliphatic rings. The summed E-state index contributed by atoms with van der Waals surface area (Å²) in [5.41, 5.74) is 1.62. The van der Waals surface area contributed by atoms with Crippen molar-refractivity contribution in [2.24, 2.45) is 0 Å². The topological polar surface area (TPSA) is 55.3 Å². The summed E-state index contributed by atoms with van der Waals surface area (Å²) in [6, 6.07) is 6.69. The Morgan fingerprint density at radius 2 is 2.27 bits per heavy atom. The summed E-state index contributed by atoms with van der Waals surface area (Å²) in [7, 11) is 0. The Morgan fingerprint density at radius 1 is 1.38 bits per heavy atom. The predicted octanol–water partition coefficient (Wildman–Crippen LogP) is 2.57. The van der Waals surface area contributed by atoms with Crippen LogP contribution in [0.5, 0.6) is 0 Å². The molecular formula is C20H22FN3O2. The summed E-state index contributed by atoms with van der Waals surface area (Å²) in [6.07, 6.45) is 7.96. The van der Waals surface area contributed by atoms with Gasteiger partial charge in [0.15, 0.2) is 0 Å². The molecule has 26 heavy (non-hydrogen) atoms. The third kappa shape index (κ3) is 4.52. The monoisotopic (exact) mass is 355 g/mol. The molecule has 0 spiro atoms. The Morgan fingerprint density at radius 3 is 2.96 bits per heavy atom. The van der Waals surface area contributed by atoms with Crippen LogP contribution in [0.2, 0.25) is 0 Å². The lowest BCUT2D eigenvalue weighted by molar-refractivity contribution is -0.132. The van der Waals surface area contributed by atoms with Crippen LogP contribution in [-0.4, -0.2) is 46.1 Å². The number of hydrogen-bond donors (Lipinski definition) is 0. The van der Waals surface area contributed by atoms with Crippen molar-refractivity contribution in [1.82, 2.24) is 14.9 Å². The second kappa shape index (κ2) is 8.67. The first-order valence-corrected chi connectivity index (χ1v) is 8.68. The molecule has 136 valence electrons. The van der Waals surface area contributed by atoms with Crippen molar-refractivity contribution in [2.75, 3.05) is 13.2 Å². The van der Waals surface area contributed by atoms with Gasteiger partial charge in [-0.2, -0.15) is 0 Å². The first-order chi connectivity index (χ1) is 12.7. The lowest BCUT2D eigenvalue weighted by Crippen LogP contribution is -2.42. The van der Waals surface area contributed by atoms with Crippen molar-refractivity contribution < 1.29 is 13.9 Å². The zero-order valence-electron chi connectivity index (χ0n) is 14.6. The molecule has 1 amide bonds. The molecule has 3 rings (SSSR count). The molecular weight excluding hydrogens is 333 g/mol. The SMILES string of the molecule is C=CCO[C@H]1CCN(C(=O)Cc2ccc(F)cn2)[C@H]1Cc1cccnc1. The second-order valence-corrected chi connectivity index (χ2v) is 6.31. The molecule has 2 aromatic heterocycles. The van der Waals surface area contributed by atoms with Crippen LogP contribution in [-0.2, 0) is 22.4 Å². The van der Waals surface area contributed by atoms with Crippen LogP contribution in [0.3, 0.4) is 0 Å². The van der Waals surface area contributed by atoms with Crippen LogP contribution in [0.25, 0.3) is 0 Å². The van der Waals surface area contributed by atoms with Gasteiger partial charge >= 0.3 is 0 Å². The number of aromatic nitrogens is 2. The van der Waals surface area contributed by atoms with E-state index in [0.717, 1.165) is 18.2 Å². The summed E-state index contributed by atoms with van der Waals surface area (Å²) < 4.78 is 18.9. The highest BCUT2D eigenvalue weighted by Gasteiger charge is 2.37. The molecule has 0 bridgehead atoms. The van der Waals surface area contributed by atoms with E-state index in [1.165, 1.54) is 6.07 Å². The summed E-state index contributed by atoms with van der Waals surface area (Å²) in [5.74, 6) is -0.433. The minimum Gasteiger partial charge on any atom is -0.372 e. The predicted molar refractivity (Wildman–Crippen MR) is 95.9 cm³/mol. The van der Waals surface area contributed by atoms with Gasteiger partial charge in [-0.05, 0) is 36.6 Å². The quantitative estimate of drug-likeness (QED) is 0.717. The Balaban J connectivity index is 1.73. The smallest absolute Gasteiger partial charge is 0.228 e. The van der Waals surface area contributed by atoms with E-state index in [2.05, 4.69) is 16.5 Å². The van der Waals surface area contributed by atoms with Crippen LogP contribution in [0.1, 0.15) is 17.7 Å². The number of ether oxygens (including phenoxy) is 1. The standard InChI is InChI=1S/C20H22FN3O2/c1-2-10-26-19-7-9-24(18(19)11-15-4-3-8-22-13-15)20(25)12-17-6-5-16(21)14-23-17/h2-6,8,13-14,18-19H,1,7,9-12H2/t18-,19-/m0/s1. The summed E-state index contributed by atoms with van der Waals surface area (Å²) in [4.78, 5) is 22.8. The van der Waals surface area contributed by atoms with Crippen molar-refractivity contribution in [3.05, 3.63) is 72.6 Å². The molecule has 0 aromatic carbocycles. The molecule has 0 N–H and O–H groups in total. The normalized spacial score (nSPS) is 19.5. The highest BCUT2D eigenvalue weighted by Crippen LogP contribution is 2.25. The molecule has 1 saturated heterocycles. The highest BCUT2D eigenvalue weighted by molar-refractivity contribution is 5.79. The number of amides is 1. The zero-order valence-corrected chi connectivity index (χ0v) is 14.6. The Labute approximate surface area is 152 Å². The fourth-order valence-corrected chi connectivity index (χ4v) is 3.29. The van der Waals surface area contributed by atoms with E-state index in [9.17, 15) is 9.18 Å². The largest absolute Gasteiger partial charge is 0.372 e. The number of halogens is 1. The van der Waals surface area contributed by atoms with Gasteiger partial charge in [-0.3, -0.25) is 14.8 Å². The van der Waals surface area contributed by atoms with Gasteiger partial charge in [0.2, 0.25) is 5.91 Å². The maximum absolute atomic E-state index is 13.0. The lowest BCUT2D eigenvalue weighted by atomic mass is 10.0. The fourth-order valence-electron chi connectivity index (χ4n) is 3.29. The molecule has 0 radical (unpaired) electrons. The minimum atomic E-state index is -0.408. The minimum absolute atomic E-state index is 0.0253. The summed E-state index contributed by atoms with van der Waals surface area (Å²) >= 11 is 0. The number of carbonyl (C=O) groups is 1. The van der Waals surface area contributed by atoms with Crippen LogP contribution < -0.4 is 0 Å². The molecule has 3 heterocycles. The van der Waals surface area contributed by atoms with Gasteiger partial charge in [-0.1, -0.05) is 12.1 Å². The van der Waals surface area contributed by atoms with E-state index in [4.69, 9.17) is 4.74 Å². The van der Waals surface area contributed by atoms with E-state index >= 15 is 0 Å². The molecule has 0 aliphatic carbocycles. The van der Waals surface area contributed by atoms with E-state index in [-0.39, 0.29) is 24.5 Å². The second-order valence-electron chi connectivity index (χ2n) is 6.31. The van der Waals surface area contributed by atoms with Gasteiger partial charge < -0.3 is 9.64 Å². The Bertz CT molecular complexity index is 736. The van der Waals surface area contributed by atoms with Crippen LogP contribution in [0.15, 0.2) is 55.5 Å². The number of hydrogen-bond acceptors (Lipinski definition) is 4. The maximum Gasteiger partial charge on any atom is 0.228 e. The van der Waals surface area contributed by atoms with Gasteiger partial charge in [0, 0.05) is 24.6 Å². The molecule has 2 aromatic rings. The molecule has 6 heteroatoms. The molecule has 0 unspecified atom stereocenters. The lowest BCUT2D eigenvalue weighted by Gasteiger charge is -2.28. The van der Waals surface area contributed by atoms with Crippen LogP contribution in [0, 0.1) is 5.82 Å². The average Bonchev–Trinajstić information content (AvgIpc) is 3.05. The Hall–Kier alpha value is -2.60. The first-order valence-electron chi connectivity index (χ1n) is 8.68. The van der Waals surface area contributed by atoms with E-state index in [1.807, 2.05) is 23.2 Å². The highest BCUT2D eigenvalue weighted by atomic mass is 19.1. The third-order valence-corrected chi connectivity index (χ3v) is 4.52. The maximum atomic E-state index is 13.0. The van der Waals surface area contributed by atoms with Crippen molar-refractivity contribution in [1.29, 1.82) is 0 Å². The summed E-state index contributed by atoms with van der Waals surface area (Å²) in [6.45, 7) is 4.78. The van der Waals surface area contributed by atoms with Crippen LogP contribution >= 0.6 is 0 Å². The number of nitrogens with zero attached hydrogens (tertiary/aromatic N) is 3. The van der Waals surface area contributed by atoms with Gasteiger partial charge in [0.1, 0.15) is 5.82 Å².